The maximum Gasteiger partial charge on any atom is 0.156 e. The van der Waals surface area contributed by atoms with Gasteiger partial charge in [-0.2, -0.15) is 0 Å². The minimum Gasteiger partial charge on any atom is -0.297 e. The van der Waals surface area contributed by atoms with E-state index in [9.17, 15) is 4.79 Å². The first-order valence-corrected chi connectivity index (χ1v) is 6.31. The fraction of sp³-hybridized carbons (Fsp3) is 0.643. The van der Waals surface area contributed by atoms with Gasteiger partial charge in [0, 0.05) is 5.41 Å². The van der Waals surface area contributed by atoms with E-state index in [0.29, 0.717) is 12.3 Å². The molecular weight excluding hydrogens is 198 g/mol. The van der Waals surface area contributed by atoms with Crippen LogP contribution in [-0.4, -0.2) is 30.3 Å². The smallest absolute Gasteiger partial charge is 0.156 e. The molecule has 2 aliphatic rings. The minimum atomic E-state index is -0.258. The van der Waals surface area contributed by atoms with Crippen molar-refractivity contribution in [2.75, 3.05) is 19.6 Å². The molecular formula is C14H21NO. The highest BCUT2D eigenvalue weighted by molar-refractivity contribution is 5.88. The Morgan fingerprint density at radius 3 is 2.62 bits per heavy atom. The summed E-state index contributed by atoms with van der Waals surface area (Å²) in [6.45, 7) is 4.89. The summed E-state index contributed by atoms with van der Waals surface area (Å²) < 4.78 is 0. The number of carbonyl (C=O) groups is 1. The van der Waals surface area contributed by atoms with Crippen LogP contribution in [0.5, 0.6) is 0 Å². The molecule has 2 nitrogen and oxygen atoms in total. The summed E-state index contributed by atoms with van der Waals surface area (Å²) in [5.74, 6) is 0.370. The Labute approximate surface area is 98.0 Å². The third-order valence-corrected chi connectivity index (χ3v) is 3.71. The molecule has 0 aromatic carbocycles. The number of nitrogens with zero attached hydrogens (tertiary/aromatic N) is 1. The Bertz CT molecular complexity index is 313. The van der Waals surface area contributed by atoms with Gasteiger partial charge in [0.25, 0.3) is 0 Å². The largest absolute Gasteiger partial charge is 0.297 e. The number of Topliss-reactive ketones (excluding diaryl/α,β-unsaturated/α-hetero) is 1. The number of hydrogen-bond acceptors (Lipinski definition) is 2. The van der Waals surface area contributed by atoms with Crippen LogP contribution in [0.1, 0.15) is 32.6 Å². The predicted molar refractivity (Wildman–Crippen MR) is 66.3 cm³/mol. The first-order valence-electron chi connectivity index (χ1n) is 6.31. The van der Waals surface area contributed by atoms with Crippen LogP contribution >= 0.6 is 0 Å². The first-order chi connectivity index (χ1) is 7.71. The average molecular weight is 219 g/mol. The fourth-order valence-corrected chi connectivity index (χ4v) is 2.44. The Morgan fingerprint density at radius 2 is 2.00 bits per heavy atom. The van der Waals surface area contributed by atoms with E-state index < -0.39 is 0 Å². The van der Waals surface area contributed by atoms with Gasteiger partial charge < -0.3 is 0 Å². The van der Waals surface area contributed by atoms with Gasteiger partial charge in [0.05, 0.1) is 6.54 Å². The van der Waals surface area contributed by atoms with Crippen molar-refractivity contribution < 1.29 is 4.79 Å². The van der Waals surface area contributed by atoms with Crippen LogP contribution in [0, 0.1) is 5.41 Å². The lowest BCUT2D eigenvalue weighted by Crippen LogP contribution is -2.40. The summed E-state index contributed by atoms with van der Waals surface area (Å²) in [6, 6.07) is 0. The molecule has 0 aromatic heterocycles. The van der Waals surface area contributed by atoms with Crippen molar-refractivity contribution in [1.82, 2.24) is 4.90 Å². The van der Waals surface area contributed by atoms with Crippen LogP contribution in [-0.2, 0) is 4.79 Å². The number of rotatable bonds is 3. The molecule has 0 spiro atoms. The lowest BCUT2D eigenvalue weighted by molar-refractivity contribution is -0.127. The van der Waals surface area contributed by atoms with Crippen molar-refractivity contribution in [3.8, 4) is 0 Å². The van der Waals surface area contributed by atoms with Crippen molar-refractivity contribution in [2.45, 2.75) is 32.6 Å². The molecule has 1 aliphatic carbocycles. The third-order valence-electron chi connectivity index (χ3n) is 3.71. The number of carbonyl (C=O) groups excluding carboxylic acids is 1. The Morgan fingerprint density at radius 1 is 1.25 bits per heavy atom. The van der Waals surface area contributed by atoms with Gasteiger partial charge in [-0.3, -0.25) is 9.69 Å². The molecule has 1 fully saturated rings. The van der Waals surface area contributed by atoms with Gasteiger partial charge in [-0.25, -0.2) is 0 Å². The van der Waals surface area contributed by atoms with Crippen LogP contribution in [0.2, 0.25) is 0 Å². The molecule has 0 radical (unpaired) electrons. The quantitative estimate of drug-likeness (QED) is 0.727. The molecule has 0 amide bonds. The van der Waals surface area contributed by atoms with Gasteiger partial charge in [-0.05, 0) is 39.3 Å². The topological polar surface area (TPSA) is 20.3 Å². The zero-order chi connectivity index (χ0) is 11.4. The second kappa shape index (κ2) is 4.96. The van der Waals surface area contributed by atoms with Crippen molar-refractivity contribution in [3.63, 3.8) is 0 Å². The summed E-state index contributed by atoms with van der Waals surface area (Å²) in [7, 11) is 0. The lowest BCUT2D eigenvalue weighted by atomic mass is 9.79. The molecule has 1 saturated heterocycles. The normalized spacial score (nSPS) is 30.6. The van der Waals surface area contributed by atoms with E-state index in [2.05, 4.69) is 24.0 Å². The monoisotopic (exact) mass is 219 g/mol. The fourth-order valence-electron chi connectivity index (χ4n) is 2.44. The van der Waals surface area contributed by atoms with Gasteiger partial charge >= 0.3 is 0 Å². The molecule has 1 heterocycles. The number of likely N-dealkylation sites (tertiary alicyclic amines) is 1. The summed E-state index contributed by atoms with van der Waals surface area (Å²) >= 11 is 0. The molecule has 0 N–H and O–H groups in total. The number of hydrogen-bond donors (Lipinski definition) is 0. The zero-order valence-corrected chi connectivity index (χ0v) is 10.1. The molecule has 2 rings (SSSR count). The Balaban J connectivity index is 1.91. The summed E-state index contributed by atoms with van der Waals surface area (Å²) in [6.07, 6.45) is 12.8. The summed E-state index contributed by atoms with van der Waals surface area (Å²) in [5, 5.41) is 0. The molecule has 1 aliphatic heterocycles. The highest BCUT2D eigenvalue weighted by atomic mass is 16.1. The van der Waals surface area contributed by atoms with Gasteiger partial charge in [0.15, 0.2) is 5.78 Å². The van der Waals surface area contributed by atoms with Gasteiger partial charge in [0.1, 0.15) is 0 Å². The average Bonchev–Trinajstić information content (AvgIpc) is 2.31. The molecule has 0 aromatic rings. The van der Waals surface area contributed by atoms with Gasteiger partial charge in [0.2, 0.25) is 0 Å². The first kappa shape index (κ1) is 11.6. The summed E-state index contributed by atoms with van der Waals surface area (Å²) in [5.41, 5.74) is -0.258. The Kier molecular flexibility index (Phi) is 3.59. The maximum atomic E-state index is 12.3. The minimum absolute atomic E-state index is 0.258. The van der Waals surface area contributed by atoms with E-state index >= 15 is 0 Å². The molecule has 1 atom stereocenters. The second-order valence-electron chi connectivity index (χ2n) is 5.17. The molecule has 16 heavy (non-hydrogen) atoms. The standard InChI is InChI=1S/C14H21NO/c1-14(8-4-2-5-9-14)13(16)12-15-10-6-3-7-11-15/h2,4-5,8H,3,6-7,9-12H2,1H3. The maximum absolute atomic E-state index is 12.3. The number of allylic oxidation sites excluding steroid dienone is 4. The molecule has 0 saturated carbocycles. The van der Waals surface area contributed by atoms with E-state index in [-0.39, 0.29) is 5.41 Å². The Hall–Kier alpha value is -0.890. The highest BCUT2D eigenvalue weighted by Gasteiger charge is 2.31. The SMILES string of the molecule is CC1(C(=O)CN2CCCCC2)C=CC=CC1. The van der Waals surface area contributed by atoms with Crippen LogP contribution in [0.25, 0.3) is 0 Å². The van der Waals surface area contributed by atoms with Crippen LogP contribution in [0.4, 0.5) is 0 Å². The van der Waals surface area contributed by atoms with Crippen LogP contribution in [0.3, 0.4) is 0 Å². The third kappa shape index (κ3) is 2.62. The van der Waals surface area contributed by atoms with Crippen molar-refractivity contribution in [3.05, 3.63) is 24.3 Å². The number of piperidine rings is 1. The molecule has 88 valence electrons. The van der Waals surface area contributed by atoms with Gasteiger partial charge in [-0.1, -0.05) is 30.7 Å². The number of ketones is 1. The van der Waals surface area contributed by atoms with Crippen molar-refractivity contribution in [2.24, 2.45) is 5.41 Å². The van der Waals surface area contributed by atoms with E-state index in [1.807, 2.05) is 12.2 Å². The van der Waals surface area contributed by atoms with Gasteiger partial charge in [-0.15, -0.1) is 0 Å². The summed E-state index contributed by atoms with van der Waals surface area (Å²) in [4.78, 5) is 14.6. The van der Waals surface area contributed by atoms with E-state index in [4.69, 9.17) is 0 Å². The molecule has 1 unspecified atom stereocenters. The van der Waals surface area contributed by atoms with E-state index in [1.165, 1.54) is 19.3 Å². The predicted octanol–water partition coefficient (Wildman–Crippen LogP) is 2.56. The van der Waals surface area contributed by atoms with Crippen molar-refractivity contribution >= 4 is 5.78 Å². The molecule has 2 heteroatoms. The second-order valence-corrected chi connectivity index (χ2v) is 5.17. The highest BCUT2D eigenvalue weighted by Crippen LogP contribution is 2.28. The van der Waals surface area contributed by atoms with Crippen LogP contribution < -0.4 is 0 Å². The zero-order valence-electron chi connectivity index (χ0n) is 10.1. The van der Waals surface area contributed by atoms with E-state index in [1.54, 1.807) is 0 Å². The van der Waals surface area contributed by atoms with Crippen molar-refractivity contribution in [1.29, 1.82) is 0 Å². The molecule has 0 bridgehead atoms. The van der Waals surface area contributed by atoms with E-state index in [0.717, 1.165) is 19.5 Å². The lowest BCUT2D eigenvalue weighted by Gasteiger charge is -2.31. The van der Waals surface area contributed by atoms with Crippen LogP contribution in [0.15, 0.2) is 24.3 Å².